The lowest BCUT2D eigenvalue weighted by Crippen LogP contribution is -2.44. The predicted molar refractivity (Wildman–Crippen MR) is 98.5 cm³/mol. The summed E-state index contributed by atoms with van der Waals surface area (Å²) in [5.74, 6) is 0.269. The van der Waals surface area contributed by atoms with Crippen molar-refractivity contribution in [3.05, 3.63) is 29.3 Å². The van der Waals surface area contributed by atoms with Crippen molar-refractivity contribution in [3.8, 4) is 0 Å². The molecule has 2 rings (SSSR count). The van der Waals surface area contributed by atoms with Crippen LogP contribution >= 0.6 is 35.6 Å². The Morgan fingerprint density at radius 3 is 2.61 bits per heavy atom. The van der Waals surface area contributed by atoms with Crippen LogP contribution < -0.4 is 16.2 Å². The number of thioether (sulfide) groups is 1. The van der Waals surface area contributed by atoms with Crippen molar-refractivity contribution >= 4 is 62.1 Å². The fourth-order valence-electron chi connectivity index (χ4n) is 1.94. The average Bonchev–Trinajstić information content (AvgIpc) is 2.85. The van der Waals surface area contributed by atoms with Gasteiger partial charge in [-0.2, -0.15) is 0 Å². The minimum Gasteiger partial charge on any atom is -0.331 e. The lowest BCUT2D eigenvalue weighted by molar-refractivity contribution is -0.119. The number of anilines is 1. The molecule has 10 heteroatoms. The van der Waals surface area contributed by atoms with E-state index >= 15 is 0 Å². The zero-order valence-electron chi connectivity index (χ0n) is 12.0. The van der Waals surface area contributed by atoms with Crippen LogP contribution in [-0.4, -0.2) is 41.9 Å². The highest BCUT2D eigenvalue weighted by atomic mass is 35.5. The maximum Gasteiger partial charge on any atom is 0.248 e. The van der Waals surface area contributed by atoms with Crippen LogP contribution in [0.1, 0.15) is 6.42 Å². The zero-order chi connectivity index (χ0) is 16.9. The van der Waals surface area contributed by atoms with Crippen molar-refractivity contribution < 1.29 is 13.2 Å². The number of rotatable bonds is 4. The van der Waals surface area contributed by atoms with Crippen molar-refractivity contribution in [2.75, 3.05) is 22.6 Å². The summed E-state index contributed by atoms with van der Waals surface area (Å²) >= 11 is 12.2. The number of hydrazine groups is 1. The van der Waals surface area contributed by atoms with Gasteiger partial charge in [-0.25, -0.2) is 8.42 Å². The van der Waals surface area contributed by atoms with Gasteiger partial charge in [0, 0.05) is 16.0 Å². The number of hydrogen-bond acceptors (Lipinski definition) is 5. The molecule has 23 heavy (non-hydrogen) atoms. The number of nitrogens with one attached hydrogen (secondary N) is 3. The Labute approximate surface area is 149 Å². The second-order valence-electron chi connectivity index (χ2n) is 4.97. The number of carbonyl (C=O) groups is 1. The molecule has 1 heterocycles. The molecule has 0 saturated carbocycles. The molecule has 1 aromatic carbocycles. The standard InChI is InChI=1S/C13H16ClN3O3S3/c14-9-1-3-10(4-2-9)15-13(21)17-16-12(18)7-22-11-5-6-23(19,20)8-11/h1-4,11H,5-8H2,(H,16,18)(H2,15,17,21)/t11-/m0/s1. The zero-order valence-corrected chi connectivity index (χ0v) is 15.2. The van der Waals surface area contributed by atoms with Gasteiger partial charge in [-0.15, -0.1) is 11.8 Å². The summed E-state index contributed by atoms with van der Waals surface area (Å²) in [6.07, 6.45) is 0.601. The average molecular weight is 394 g/mol. The van der Waals surface area contributed by atoms with Crippen molar-refractivity contribution in [3.63, 3.8) is 0 Å². The molecule has 0 bridgehead atoms. The quantitative estimate of drug-likeness (QED) is 0.528. The molecule has 1 amide bonds. The Morgan fingerprint density at radius 1 is 1.30 bits per heavy atom. The van der Waals surface area contributed by atoms with E-state index < -0.39 is 9.84 Å². The summed E-state index contributed by atoms with van der Waals surface area (Å²) in [6.45, 7) is 0. The molecule has 126 valence electrons. The minimum atomic E-state index is -2.92. The highest BCUT2D eigenvalue weighted by Gasteiger charge is 2.28. The van der Waals surface area contributed by atoms with E-state index in [1.165, 1.54) is 11.8 Å². The third-order valence-corrected chi connectivity index (χ3v) is 6.80. The third-order valence-electron chi connectivity index (χ3n) is 3.06. The summed E-state index contributed by atoms with van der Waals surface area (Å²) in [5, 5.41) is 3.75. The highest BCUT2D eigenvalue weighted by Crippen LogP contribution is 2.23. The molecule has 0 aromatic heterocycles. The van der Waals surface area contributed by atoms with Gasteiger partial charge in [-0.05, 0) is 42.9 Å². The number of amides is 1. The van der Waals surface area contributed by atoms with E-state index in [9.17, 15) is 13.2 Å². The van der Waals surface area contributed by atoms with E-state index in [-0.39, 0.29) is 33.5 Å². The number of benzene rings is 1. The highest BCUT2D eigenvalue weighted by molar-refractivity contribution is 8.02. The van der Waals surface area contributed by atoms with Crippen LogP contribution in [0.5, 0.6) is 0 Å². The number of hydrogen-bond donors (Lipinski definition) is 3. The van der Waals surface area contributed by atoms with Crippen molar-refractivity contribution in [1.82, 2.24) is 10.9 Å². The van der Waals surface area contributed by atoms with E-state index in [1.807, 2.05) is 0 Å². The smallest absolute Gasteiger partial charge is 0.248 e. The second-order valence-corrected chi connectivity index (χ2v) is 9.33. The van der Waals surface area contributed by atoms with E-state index in [0.717, 1.165) is 5.69 Å². The van der Waals surface area contributed by atoms with Gasteiger partial charge < -0.3 is 5.32 Å². The number of halogens is 1. The maximum atomic E-state index is 11.7. The van der Waals surface area contributed by atoms with Crippen molar-refractivity contribution in [1.29, 1.82) is 0 Å². The summed E-state index contributed by atoms with van der Waals surface area (Å²) in [4.78, 5) is 11.7. The molecule has 6 nitrogen and oxygen atoms in total. The fraction of sp³-hybridized carbons (Fsp3) is 0.385. The van der Waals surface area contributed by atoms with Crippen LogP contribution in [0.4, 0.5) is 5.69 Å². The van der Waals surface area contributed by atoms with E-state index in [1.54, 1.807) is 24.3 Å². The molecule has 1 saturated heterocycles. The van der Waals surface area contributed by atoms with Crippen LogP contribution in [0.2, 0.25) is 5.02 Å². The Balaban J connectivity index is 1.66. The molecular formula is C13H16ClN3O3S3. The first-order valence-corrected chi connectivity index (χ1v) is 10.4. The first-order valence-electron chi connectivity index (χ1n) is 6.77. The van der Waals surface area contributed by atoms with Gasteiger partial charge in [0.05, 0.1) is 17.3 Å². The minimum absolute atomic E-state index is 0.00936. The monoisotopic (exact) mass is 393 g/mol. The summed E-state index contributed by atoms with van der Waals surface area (Å²) in [5.41, 5.74) is 5.81. The molecule has 0 aliphatic carbocycles. The lowest BCUT2D eigenvalue weighted by Gasteiger charge is -2.12. The van der Waals surface area contributed by atoms with E-state index in [4.69, 9.17) is 23.8 Å². The summed E-state index contributed by atoms with van der Waals surface area (Å²) in [6, 6.07) is 6.96. The van der Waals surface area contributed by atoms with Crippen molar-refractivity contribution in [2.45, 2.75) is 11.7 Å². The lowest BCUT2D eigenvalue weighted by atomic mass is 10.3. The van der Waals surface area contributed by atoms with Crippen LogP contribution in [0.25, 0.3) is 0 Å². The normalized spacial score (nSPS) is 19.1. The molecule has 1 atom stereocenters. The molecule has 0 spiro atoms. The fourth-order valence-corrected chi connectivity index (χ4v) is 5.68. The van der Waals surface area contributed by atoms with Crippen LogP contribution in [-0.2, 0) is 14.6 Å². The molecule has 0 unspecified atom stereocenters. The first-order chi connectivity index (χ1) is 10.8. The largest absolute Gasteiger partial charge is 0.331 e. The summed E-state index contributed by atoms with van der Waals surface area (Å²) in [7, 11) is -2.92. The van der Waals surface area contributed by atoms with Crippen LogP contribution in [0, 0.1) is 0 Å². The first kappa shape index (κ1) is 18.3. The molecule has 1 aliphatic rings. The van der Waals surface area contributed by atoms with Gasteiger partial charge in [-0.3, -0.25) is 15.6 Å². The summed E-state index contributed by atoms with van der Waals surface area (Å²) < 4.78 is 22.7. The van der Waals surface area contributed by atoms with Gasteiger partial charge in [0.25, 0.3) is 0 Å². The Bertz CT molecular complexity index is 679. The van der Waals surface area contributed by atoms with Crippen LogP contribution in [0.15, 0.2) is 24.3 Å². The van der Waals surface area contributed by atoms with Gasteiger partial charge in [0.1, 0.15) is 0 Å². The molecule has 3 N–H and O–H groups in total. The molecule has 1 aliphatic heterocycles. The van der Waals surface area contributed by atoms with Gasteiger partial charge in [-0.1, -0.05) is 11.6 Å². The maximum absolute atomic E-state index is 11.7. The SMILES string of the molecule is O=C(CS[C@H]1CCS(=O)(=O)C1)NNC(=S)Nc1ccc(Cl)cc1. The van der Waals surface area contributed by atoms with E-state index in [2.05, 4.69) is 16.2 Å². The van der Waals surface area contributed by atoms with Crippen molar-refractivity contribution in [2.24, 2.45) is 0 Å². The predicted octanol–water partition coefficient (Wildman–Crippen LogP) is 1.58. The molecular weight excluding hydrogens is 378 g/mol. The van der Waals surface area contributed by atoms with Gasteiger partial charge in [0.15, 0.2) is 14.9 Å². The number of sulfone groups is 1. The second kappa shape index (κ2) is 8.18. The molecule has 1 fully saturated rings. The number of thiocarbonyl (C=S) groups is 1. The van der Waals surface area contributed by atoms with Crippen LogP contribution in [0.3, 0.4) is 0 Å². The number of carbonyl (C=O) groups excluding carboxylic acids is 1. The van der Waals surface area contributed by atoms with Gasteiger partial charge in [0.2, 0.25) is 5.91 Å². The Morgan fingerprint density at radius 2 is 2.00 bits per heavy atom. The topological polar surface area (TPSA) is 87.3 Å². The molecule has 0 radical (unpaired) electrons. The third kappa shape index (κ3) is 6.54. The van der Waals surface area contributed by atoms with Gasteiger partial charge >= 0.3 is 0 Å². The molecule has 1 aromatic rings. The Kier molecular flexibility index (Phi) is 6.51. The Hall–Kier alpha value is -1.03. The van der Waals surface area contributed by atoms with E-state index in [0.29, 0.717) is 11.4 Å².